The molecule has 0 spiro atoms. The highest BCUT2D eigenvalue weighted by molar-refractivity contribution is 6.20. The Kier molecular flexibility index (Phi) is 8.17. The molecule has 2 heteroatoms. The molecule has 0 saturated heterocycles. The van der Waals surface area contributed by atoms with E-state index < -0.39 is 0 Å². The zero-order chi connectivity index (χ0) is 14.8. The van der Waals surface area contributed by atoms with Gasteiger partial charge in [0.05, 0.1) is 0 Å². The van der Waals surface area contributed by atoms with E-state index in [9.17, 15) is 9.59 Å². The number of unbranched alkanes of at least 4 members (excludes halogenated alkanes) is 6. The van der Waals surface area contributed by atoms with Crippen LogP contribution in [0.2, 0.25) is 0 Å². The van der Waals surface area contributed by atoms with Crippen LogP contribution in [0.5, 0.6) is 0 Å². The smallest absolute Gasteiger partial charge is 0.185 e. The summed E-state index contributed by atoms with van der Waals surface area (Å²) in [5.74, 6) is 0.123. The quantitative estimate of drug-likeness (QED) is 0.418. The van der Waals surface area contributed by atoms with E-state index in [2.05, 4.69) is 13.8 Å². The van der Waals surface area contributed by atoms with E-state index in [1.54, 1.807) is 12.2 Å². The van der Waals surface area contributed by atoms with E-state index in [0.29, 0.717) is 0 Å². The minimum Gasteiger partial charge on any atom is -0.290 e. The van der Waals surface area contributed by atoms with Gasteiger partial charge in [0.25, 0.3) is 0 Å². The van der Waals surface area contributed by atoms with Crippen LogP contribution in [-0.4, -0.2) is 11.6 Å². The van der Waals surface area contributed by atoms with Crippen molar-refractivity contribution >= 4 is 11.6 Å². The van der Waals surface area contributed by atoms with Gasteiger partial charge in [-0.15, -0.1) is 0 Å². The molecule has 0 atom stereocenters. The molecular weight excluding hydrogens is 248 g/mol. The standard InChI is InChI=1S/C18H28O2/c1-3-5-7-9-11-15-13-17(19)14-16(18(15)20)12-10-8-6-4-2/h13-14H,3-12H2,1-2H3. The fourth-order valence-electron chi connectivity index (χ4n) is 2.58. The lowest BCUT2D eigenvalue weighted by Gasteiger charge is -2.13. The SMILES string of the molecule is CCCCCCC1=CC(=O)C=C(CCCCCC)C1=O. The molecular formula is C18H28O2. The largest absolute Gasteiger partial charge is 0.290 e. The van der Waals surface area contributed by atoms with Crippen molar-refractivity contribution in [3.8, 4) is 0 Å². The third-order valence-electron chi connectivity index (χ3n) is 3.82. The van der Waals surface area contributed by atoms with Gasteiger partial charge >= 0.3 is 0 Å². The van der Waals surface area contributed by atoms with Crippen LogP contribution in [0.3, 0.4) is 0 Å². The summed E-state index contributed by atoms with van der Waals surface area (Å²) in [5, 5.41) is 0. The first-order valence-corrected chi connectivity index (χ1v) is 8.18. The molecule has 0 aromatic rings. The minimum atomic E-state index is 0.000540. The zero-order valence-corrected chi connectivity index (χ0v) is 13.0. The number of carbonyl (C=O) groups is 2. The molecule has 0 heterocycles. The summed E-state index contributed by atoms with van der Waals surface area (Å²) < 4.78 is 0. The van der Waals surface area contributed by atoms with Crippen LogP contribution in [0.15, 0.2) is 23.3 Å². The molecule has 2 nitrogen and oxygen atoms in total. The molecule has 0 aromatic carbocycles. The van der Waals surface area contributed by atoms with E-state index >= 15 is 0 Å². The van der Waals surface area contributed by atoms with Gasteiger partial charge < -0.3 is 0 Å². The van der Waals surface area contributed by atoms with Crippen molar-refractivity contribution in [3.63, 3.8) is 0 Å². The van der Waals surface area contributed by atoms with E-state index in [1.165, 1.54) is 25.7 Å². The van der Waals surface area contributed by atoms with Crippen molar-refractivity contribution in [2.75, 3.05) is 0 Å². The van der Waals surface area contributed by atoms with Gasteiger partial charge in [-0.25, -0.2) is 0 Å². The molecule has 1 rings (SSSR count). The molecule has 0 bridgehead atoms. The highest BCUT2D eigenvalue weighted by atomic mass is 16.1. The van der Waals surface area contributed by atoms with Gasteiger partial charge in [0.15, 0.2) is 11.6 Å². The maximum atomic E-state index is 12.3. The average Bonchev–Trinajstić information content (AvgIpc) is 2.44. The normalized spacial score (nSPS) is 15.3. The summed E-state index contributed by atoms with van der Waals surface area (Å²) >= 11 is 0. The molecule has 0 radical (unpaired) electrons. The Bertz CT molecular complexity index is 354. The average molecular weight is 276 g/mol. The second-order valence-corrected chi connectivity index (χ2v) is 5.69. The first-order chi connectivity index (χ1) is 9.69. The molecule has 20 heavy (non-hydrogen) atoms. The van der Waals surface area contributed by atoms with Gasteiger partial charge in [0.1, 0.15) is 0 Å². The molecule has 0 fully saturated rings. The lowest BCUT2D eigenvalue weighted by Crippen LogP contribution is -2.14. The van der Waals surface area contributed by atoms with Crippen LogP contribution in [0, 0.1) is 0 Å². The Labute approximate surface area is 123 Å². The third-order valence-corrected chi connectivity index (χ3v) is 3.82. The Morgan fingerprint density at radius 3 is 1.55 bits per heavy atom. The van der Waals surface area contributed by atoms with Gasteiger partial charge in [-0.1, -0.05) is 52.4 Å². The van der Waals surface area contributed by atoms with Crippen LogP contribution in [0.25, 0.3) is 0 Å². The number of allylic oxidation sites excluding steroid dienone is 4. The molecule has 112 valence electrons. The minimum absolute atomic E-state index is 0.000540. The summed E-state index contributed by atoms with van der Waals surface area (Å²) in [6.07, 6.45) is 13.7. The lowest BCUT2D eigenvalue weighted by molar-refractivity contribution is -0.115. The number of rotatable bonds is 10. The van der Waals surface area contributed by atoms with E-state index in [-0.39, 0.29) is 11.6 Å². The number of hydrogen-bond donors (Lipinski definition) is 0. The van der Waals surface area contributed by atoms with Crippen molar-refractivity contribution < 1.29 is 9.59 Å². The van der Waals surface area contributed by atoms with Gasteiger partial charge in [0.2, 0.25) is 0 Å². The summed E-state index contributed by atoms with van der Waals surface area (Å²) in [4.78, 5) is 24.0. The molecule has 0 amide bonds. The van der Waals surface area contributed by atoms with E-state index in [4.69, 9.17) is 0 Å². The van der Waals surface area contributed by atoms with Crippen molar-refractivity contribution in [1.29, 1.82) is 0 Å². The Morgan fingerprint density at radius 2 is 1.15 bits per heavy atom. The van der Waals surface area contributed by atoms with E-state index in [1.807, 2.05) is 0 Å². The Hall–Kier alpha value is -1.18. The van der Waals surface area contributed by atoms with Crippen molar-refractivity contribution in [2.24, 2.45) is 0 Å². The van der Waals surface area contributed by atoms with Gasteiger partial charge in [-0.05, 0) is 37.8 Å². The maximum Gasteiger partial charge on any atom is 0.185 e. The molecule has 0 aromatic heterocycles. The fourth-order valence-corrected chi connectivity index (χ4v) is 2.58. The van der Waals surface area contributed by atoms with Crippen LogP contribution >= 0.6 is 0 Å². The van der Waals surface area contributed by atoms with Crippen molar-refractivity contribution in [1.82, 2.24) is 0 Å². The molecule has 0 N–H and O–H groups in total. The Morgan fingerprint density at radius 1 is 0.700 bits per heavy atom. The number of hydrogen-bond acceptors (Lipinski definition) is 2. The summed E-state index contributed by atoms with van der Waals surface area (Å²) in [7, 11) is 0. The second kappa shape index (κ2) is 9.68. The zero-order valence-electron chi connectivity index (χ0n) is 13.0. The first-order valence-electron chi connectivity index (χ1n) is 8.18. The van der Waals surface area contributed by atoms with Crippen LogP contribution in [0.1, 0.15) is 78.1 Å². The number of carbonyl (C=O) groups excluding carboxylic acids is 2. The number of Topliss-reactive ketones (excluding diaryl/α,β-unsaturated/α-hetero) is 1. The summed E-state index contributed by atoms with van der Waals surface area (Å²) in [6.45, 7) is 4.34. The predicted octanol–water partition coefficient (Wildman–Crippen LogP) is 4.93. The molecule has 1 aliphatic carbocycles. The monoisotopic (exact) mass is 276 g/mol. The van der Waals surface area contributed by atoms with Crippen LogP contribution in [0.4, 0.5) is 0 Å². The van der Waals surface area contributed by atoms with Crippen molar-refractivity contribution in [2.45, 2.75) is 78.1 Å². The fraction of sp³-hybridized carbons (Fsp3) is 0.667. The summed E-state index contributed by atoms with van der Waals surface area (Å²) in [6, 6.07) is 0. The maximum absolute atomic E-state index is 12.3. The van der Waals surface area contributed by atoms with Gasteiger partial charge in [0, 0.05) is 11.1 Å². The van der Waals surface area contributed by atoms with Crippen molar-refractivity contribution in [3.05, 3.63) is 23.3 Å². The Balaban J connectivity index is 2.45. The summed E-state index contributed by atoms with van der Waals surface area (Å²) in [5.41, 5.74) is 1.47. The van der Waals surface area contributed by atoms with Crippen LogP contribution < -0.4 is 0 Å². The number of ketones is 2. The topological polar surface area (TPSA) is 34.1 Å². The highest BCUT2D eigenvalue weighted by Gasteiger charge is 2.20. The predicted molar refractivity (Wildman–Crippen MR) is 83.7 cm³/mol. The molecule has 1 aliphatic rings. The molecule has 0 unspecified atom stereocenters. The molecule has 0 saturated carbocycles. The first kappa shape index (κ1) is 16.9. The van der Waals surface area contributed by atoms with Gasteiger partial charge in [-0.2, -0.15) is 0 Å². The lowest BCUT2D eigenvalue weighted by atomic mass is 9.89. The van der Waals surface area contributed by atoms with Crippen LogP contribution in [-0.2, 0) is 9.59 Å². The van der Waals surface area contributed by atoms with Gasteiger partial charge in [-0.3, -0.25) is 9.59 Å². The highest BCUT2D eigenvalue weighted by Crippen LogP contribution is 2.22. The second-order valence-electron chi connectivity index (χ2n) is 5.69. The molecule has 0 aliphatic heterocycles. The van der Waals surface area contributed by atoms with E-state index in [0.717, 1.165) is 49.7 Å². The third kappa shape index (κ3) is 5.85.